The zero-order valence-electron chi connectivity index (χ0n) is 12.5. The van der Waals surface area contributed by atoms with Crippen molar-refractivity contribution in [2.75, 3.05) is 32.7 Å². The number of nitrogens with zero attached hydrogens (tertiary/aromatic N) is 1. The standard InChI is InChI=1S/C15H29N3O/c1-12(2)18-7-3-4-14(11-18)9-17-15(19)10-16-8-13-5-6-13/h12-14,16H,3-11H2,1-2H3,(H,17,19). The largest absolute Gasteiger partial charge is 0.355 e. The first-order valence-electron chi connectivity index (χ1n) is 7.86. The molecule has 1 saturated carbocycles. The predicted molar refractivity (Wildman–Crippen MR) is 78.0 cm³/mol. The van der Waals surface area contributed by atoms with Gasteiger partial charge in [-0.1, -0.05) is 0 Å². The lowest BCUT2D eigenvalue weighted by Gasteiger charge is -2.35. The number of rotatable bonds is 7. The molecule has 1 saturated heterocycles. The second-order valence-corrected chi connectivity index (χ2v) is 6.48. The van der Waals surface area contributed by atoms with Gasteiger partial charge in [0.2, 0.25) is 5.91 Å². The second-order valence-electron chi connectivity index (χ2n) is 6.48. The number of carbonyl (C=O) groups excluding carboxylic acids is 1. The third-order valence-electron chi connectivity index (χ3n) is 4.28. The van der Waals surface area contributed by atoms with Crippen molar-refractivity contribution in [2.24, 2.45) is 11.8 Å². The van der Waals surface area contributed by atoms with E-state index >= 15 is 0 Å². The molecule has 1 heterocycles. The predicted octanol–water partition coefficient (Wildman–Crippen LogP) is 1.22. The van der Waals surface area contributed by atoms with Crippen molar-refractivity contribution in [3.63, 3.8) is 0 Å². The maximum atomic E-state index is 11.7. The number of piperidine rings is 1. The van der Waals surface area contributed by atoms with Crippen LogP contribution in [0.1, 0.15) is 39.5 Å². The molecule has 0 aromatic rings. The highest BCUT2D eigenvalue weighted by atomic mass is 16.1. The summed E-state index contributed by atoms with van der Waals surface area (Å²) in [5.74, 6) is 1.62. The number of hydrogen-bond donors (Lipinski definition) is 2. The van der Waals surface area contributed by atoms with Crippen LogP contribution in [0.25, 0.3) is 0 Å². The molecule has 2 fully saturated rings. The van der Waals surface area contributed by atoms with Crippen molar-refractivity contribution in [3.8, 4) is 0 Å². The number of nitrogens with one attached hydrogen (secondary N) is 2. The van der Waals surface area contributed by atoms with Gasteiger partial charge in [-0.2, -0.15) is 0 Å². The Balaban J connectivity index is 1.56. The van der Waals surface area contributed by atoms with E-state index in [2.05, 4.69) is 29.4 Å². The number of carbonyl (C=O) groups is 1. The zero-order valence-corrected chi connectivity index (χ0v) is 12.5. The Hall–Kier alpha value is -0.610. The van der Waals surface area contributed by atoms with Gasteiger partial charge in [0.25, 0.3) is 0 Å². The summed E-state index contributed by atoms with van der Waals surface area (Å²) in [6.07, 6.45) is 5.18. The van der Waals surface area contributed by atoms with Crippen LogP contribution in [0.5, 0.6) is 0 Å². The van der Waals surface area contributed by atoms with Gasteiger partial charge in [0.05, 0.1) is 6.54 Å². The molecule has 1 aliphatic heterocycles. The molecule has 0 spiro atoms. The van der Waals surface area contributed by atoms with Crippen molar-refractivity contribution in [1.82, 2.24) is 15.5 Å². The van der Waals surface area contributed by atoms with E-state index in [0.29, 0.717) is 18.5 Å². The highest BCUT2D eigenvalue weighted by Crippen LogP contribution is 2.27. The Kier molecular flexibility index (Phi) is 5.64. The molecule has 1 aliphatic carbocycles. The first kappa shape index (κ1) is 14.8. The third kappa shape index (κ3) is 5.49. The van der Waals surface area contributed by atoms with E-state index in [4.69, 9.17) is 0 Å². The Morgan fingerprint density at radius 2 is 2.00 bits per heavy atom. The van der Waals surface area contributed by atoms with Gasteiger partial charge in [0.1, 0.15) is 0 Å². The Labute approximate surface area is 117 Å². The summed E-state index contributed by atoms with van der Waals surface area (Å²) in [6.45, 7) is 9.19. The minimum atomic E-state index is 0.155. The molecule has 1 atom stereocenters. The van der Waals surface area contributed by atoms with Gasteiger partial charge in [-0.25, -0.2) is 0 Å². The van der Waals surface area contributed by atoms with E-state index < -0.39 is 0 Å². The van der Waals surface area contributed by atoms with E-state index in [1.807, 2.05) is 0 Å². The smallest absolute Gasteiger partial charge is 0.233 e. The zero-order chi connectivity index (χ0) is 13.7. The van der Waals surface area contributed by atoms with E-state index in [0.717, 1.165) is 25.6 Å². The van der Waals surface area contributed by atoms with Crippen molar-refractivity contribution < 1.29 is 4.79 Å². The molecule has 0 aromatic carbocycles. The minimum absolute atomic E-state index is 0.155. The number of likely N-dealkylation sites (tertiary alicyclic amines) is 1. The molecule has 1 amide bonds. The Morgan fingerprint density at radius 3 is 2.68 bits per heavy atom. The van der Waals surface area contributed by atoms with E-state index in [1.54, 1.807) is 0 Å². The molecule has 19 heavy (non-hydrogen) atoms. The number of amides is 1. The van der Waals surface area contributed by atoms with Gasteiger partial charge >= 0.3 is 0 Å². The van der Waals surface area contributed by atoms with E-state index in [9.17, 15) is 4.79 Å². The monoisotopic (exact) mass is 267 g/mol. The molecule has 0 bridgehead atoms. The van der Waals surface area contributed by atoms with Gasteiger partial charge in [0, 0.05) is 19.1 Å². The van der Waals surface area contributed by atoms with Crippen LogP contribution >= 0.6 is 0 Å². The highest BCUT2D eigenvalue weighted by Gasteiger charge is 2.22. The first-order valence-corrected chi connectivity index (χ1v) is 7.86. The second kappa shape index (κ2) is 7.25. The summed E-state index contributed by atoms with van der Waals surface area (Å²) < 4.78 is 0. The molecule has 1 unspecified atom stereocenters. The lowest BCUT2D eigenvalue weighted by Crippen LogP contribution is -2.45. The van der Waals surface area contributed by atoms with Gasteiger partial charge in [-0.3, -0.25) is 4.79 Å². The van der Waals surface area contributed by atoms with Crippen molar-refractivity contribution in [3.05, 3.63) is 0 Å². The third-order valence-corrected chi connectivity index (χ3v) is 4.28. The molecule has 2 N–H and O–H groups in total. The Morgan fingerprint density at radius 1 is 1.21 bits per heavy atom. The van der Waals surface area contributed by atoms with Crippen molar-refractivity contribution >= 4 is 5.91 Å². The summed E-state index contributed by atoms with van der Waals surface area (Å²) in [4.78, 5) is 14.2. The van der Waals surface area contributed by atoms with Gasteiger partial charge in [-0.05, 0) is 64.5 Å². The normalized spacial score (nSPS) is 24.7. The van der Waals surface area contributed by atoms with Crippen LogP contribution in [0.4, 0.5) is 0 Å². The first-order chi connectivity index (χ1) is 9.15. The average Bonchev–Trinajstić information content (AvgIpc) is 3.21. The van der Waals surface area contributed by atoms with Gasteiger partial charge < -0.3 is 15.5 Å². The number of hydrogen-bond acceptors (Lipinski definition) is 3. The van der Waals surface area contributed by atoms with Crippen LogP contribution in [0, 0.1) is 11.8 Å². The average molecular weight is 267 g/mol. The maximum Gasteiger partial charge on any atom is 0.233 e. The van der Waals surface area contributed by atoms with Crippen LogP contribution in [0.3, 0.4) is 0 Å². The van der Waals surface area contributed by atoms with E-state index in [-0.39, 0.29) is 5.91 Å². The fourth-order valence-electron chi connectivity index (χ4n) is 2.77. The van der Waals surface area contributed by atoms with Crippen LogP contribution in [0.2, 0.25) is 0 Å². The summed E-state index contributed by atoms with van der Waals surface area (Å²) in [5, 5.41) is 6.32. The van der Waals surface area contributed by atoms with Crippen LogP contribution < -0.4 is 10.6 Å². The molecule has 0 radical (unpaired) electrons. The summed E-state index contributed by atoms with van der Waals surface area (Å²) >= 11 is 0. The Bertz CT molecular complexity index is 289. The molecule has 4 heteroatoms. The highest BCUT2D eigenvalue weighted by molar-refractivity contribution is 5.77. The maximum absolute atomic E-state index is 11.7. The minimum Gasteiger partial charge on any atom is -0.355 e. The van der Waals surface area contributed by atoms with Crippen molar-refractivity contribution in [1.29, 1.82) is 0 Å². The van der Waals surface area contributed by atoms with Crippen molar-refractivity contribution in [2.45, 2.75) is 45.6 Å². The summed E-state index contributed by atoms with van der Waals surface area (Å²) in [6, 6.07) is 0.624. The summed E-state index contributed by atoms with van der Waals surface area (Å²) in [7, 11) is 0. The summed E-state index contributed by atoms with van der Waals surface area (Å²) in [5.41, 5.74) is 0. The fraction of sp³-hybridized carbons (Fsp3) is 0.933. The van der Waals surface area contributed by atoms with Crippen LogP contribution in [-0.2, 0) is 4.79 Å². The molecular weight excluding hydrogens is 238 g/mol. The topological polar surface area (TPSA) is 44.4 Å². The fourth-order valence-corrected chi connectivity index (χ4v) is 2.77. The molecule has 2 aliphatic rings. The van der Waals surface area contributed by atoms with Gasteiger partial charge in [0.15, 0.2) is 0 Å². The van der Waals surface area contributed by atoms with Crippen LogP contribution in [0.15, 0.2) is 0 Å². The SMILES string of the molecule is CC(C)N1CCCC(CNC(=O)CNCC2CC2)C1. The molecular formula is C15H29N3O. The quantitative estimate of drug-likeness (QED) is 0.729. The van der Waals surface area contributed by atoms with E-state index in [1.165, 1.54) is 32.2 Å². The molecule has 2 rings (SSSR count). The lowest BCUT2D eigenvalue weighted by molar-refractivity contribution is -0.120. The van der Waals surface area contributed by atoms with Crippen LogP contribution in [-0.4, -0.2) is 49.6 Å². The molecule has 110 valence electrons. The molecule has 4 nitrogen and oxygen atoms in total. The lowest BCUT2D eigenvalue weighted by atomic mass is 9.97. The van der Waals surface area contributed by atoms with Gasteiger partial charge in [-0.15, -0.1) is 0 Å². The molecule has 0 aromatic heterocycles.